The van der Waals surface area contributed by atoms with Crippen LogP contribution < -0.4 is 0 Å². The van der Waals surface area contributed by atoms with Gasteiger partial charge < -0.3 is 0 Å². The van der Waals surface area contributed by atoms with E-state index in [1.807, 2.05) is 30.3 Å². The summed E-state index contributed by atoms with van der Waals surface area (Å²) in [7, 11) is 0. The first-order valence-corrected chi connectivity index (χ1v) is 16.9. The van der Waals surface area contributed by atoms with Crippen LogP contribution >= 0.6 is 0 Å². The van der Waals surface area contributed by atoms with Gasteiger partial charge in [-0.2, -0.15) is 0 Å². The van der Waals surface area contributed by atoms with E-state index in [-0.39, 0.29) is 0 Å². The predicted molar refractivity (Wildman–Crippen MR) is 207 cm³/mol. The summed E-state index contributed by atoms with van der Waals surface area (Å²) < 4.78 is 0. The van der Waals surface area contributed by atoms with Gasteiger partial charge in [0.1, 0.15) is 0 Å². The molecule has 0 spiro atoms. The Morgan fingerprint density at radius 3 is 1.56 bits per heavy atom. The molecule has 0 aliphatic heterocycles. The van der Waals surface area contributed by atoms with Gasteiger partial charge in [0, 0.05) is 27.6 Å². The second-order valence-electron chi connectivity index (χ2n) is 12.4. The SMILES string of the molecule is c1ccc(-c2cccc(-c3cc(-c4cccc5c4ccc4nc(-c6ccccc6)cc(-c6ccccc6)c45)nc(-c4ccccc4)n3)c2)cc1. The van der Waals surface area contributed by atoms with Crippen molar-refractivity contribution in [3.8, 4) is 67.4 Å². The van der Waals surface area contributed by atoms with Crippen molar-refractivity contribution in [3.63, 3.8) is 0 Å². The molecule has 2 heterocycles. The maximum absolute atomic E-state index is 5.22. The van der Waals surface area contributed by atoms with E-state index in [9.17, 15) is 0 Å². The number of pyridine rings is 1. The van der Waals surface area contributed by atoms with Gasteiger partial charge >= 0.3 is 0 Å². The van der Waals surface area contributed by atoms with Crippen LogP contribution in [0, 0.1) is 0 Å². The molecule has 234 valence electrons. The lowest BCUT2D eigenvalue weighted by Gasteiger charge is -2.15. The third-order valence-electron chi connectivity index (χ3n) is 9.28. The molecule has 0 radical (unpaired) electrons. The summed E-state index contributed by atoms with van der Waals surface area (Å²) in [5.41, 5.74) is 12.5. The molecular weight excluding hydrogens is 607 g/mol. The van der Waals surface area contributed by atoms with Gasteiger partial charge in [0.25, 0.3) is 0 Å². The largest absolute Gasteiger partial charge is 0.248 e. The van der Waals surface area contributed by atoms with E-state index in [0.717, 1.165) is 77.7 Å². The zero-order valence-electron chi connectivity index (χ0n) is 27.2. The summed E-state index contributed by atoms with van der Waals surface area (Å²) in [6, 6.07) is 65.6. The monoisotopic (exact) mass is 637 g/mol. The zero-order chi connectivity index (χ0) is 33.3. The van der Waals surface area contributed by atoms with Crippen molar-refractivity contribution < 1.29 is 0 Å². The minimum atomic E-state index is 0.695. The topological polar surface area (TPSA) is 38.7 Å². The highest BCUT2D eigenvalue weighted by Gasteiger charge is 2.17. The summed E-state index contributed by atoms with van der Waals surface area (Å²) in [6.45, 7) is 0. The Morgan fingerprint density at radius 1 is 0.280 bits per heavy atom. The van der Waals surface area contributed by atoms with E-state index in [2.05, 4.69) is 158 Å². The average molecular weight is 638 g/mol. The minimum Gasteiger partial charge on any atom is -0.248 e. The van der Waals surface area contributed by atoms with Gasteiger partial charge in [-0.3, -0.25) is 0 Å². The molecule has 0 unspecified atom stereocenters. The van der Waals surface area contributed by atoms with Gasteiger partial charge in [-0.1, -0.05) is 164 Å². The van der Waals surface area contributed by atoms with Crippen LogP contribution in [0.2, 0.25) is 0 Å². The van der Waals surface area contributed by atoms with Crippen LogP contribution in [0.25, 0.3) is 89.1 Å². The molecular formula is C47H31N3. The predicted octanol–water partition coefficient (Wildman–Crippen LogP) is 12.2. The highest BCUT2D eigenvalue weighted by Crippen LogP contribution is 2.40. The summed E-state index contributed by atoms with van der Waals surface area (Å²) in [5, 5.41) is 3.38. The van der Waals surface area contributed by atoms with Crippen molar-refractivity contribution in [2.75, 3.05) is 0 Å². The van der Waals surface area contributed by atoms with Gasteiger partial charge in [0.15, 0.2) is 5.82 Å². The van der Waals surface area contributed by atoms with Crippen molar-refractivity contribution in [2.45, 2.75) is 0 Å². The molecule has 3 heteroatoms. The standard InChI is InChI=1S/C47H31N3/c1-5-15-32(16-6-1)36-23-13-24-37(29-36)44-31-45(50-47(49-44)35-21-11-4-12-22-35)39-25-14-26-40-38(39)27-28-42-46(40)41(33-17-7-2-8-18-33)30-43(48-42)34-19-9-3-10-20-34/h1-31H. The summed E-state index contributed by atoms with van der Waals surface area (Å²) in [5.74, 6) is 0.695. The molecule has 50 heavy (non-hydrogen) atoms. The van der Waals surface area contributed by atoms with Crippen LogP contribution in [0.15, 0.2) is 188 Å². The lowest BCUT2D eigenvalue weighted by atomic mass is 9.92. The van der Waals surface area contributed by atoms with E-state index >= 15 is 0 Å². The fourth-order valence-electron chi connectivity index (χ4n) is 6.86. The molecule has 0 aliphatic carbocycles. The number of hydrogen-bond donors (Lipinski definition) is 0. The molecule has 0 bridgehead atoms. The Hall–Kier alpha value is -6.71. The number of rotatable bonds is 6. The zero-order valence-corrected chi connectivity index (χ0v) is 27.2. The first-order valence-electron chi connectivity index (χ1n) is 16.9. The van der Waals surface area contributed by atoms with Crippen LogP contribution in [-0.2, 0) is 0 Å². The Labute approximate surface area is 291 Å². The normalized spacial score (nSPS) is 11.2. The lowest BCUT2D eigenvalue weighted by Crippen LogP contribution is -1.97. The Bertz CT molecular complexity index is 2620. The lowest BCUT2D eigenvalue weighted by molar-refractivity contribution is 1.18. The van der Waals surface area contributed by atoms with E-state index in [4.69, 9.17) is 15.0 Å². The molecule has 0 saturated heterocycles. The molecule has 0 saturated carbocycles. The minimum absolute atomic E-state index is 0.695. The van der Waals surface area contributed by atoms with Crippen LogP contribution in [0.4, 0.5) is 0 Å². The Balaban J connectivity index is 1.27. The molecule has 0 N–H and O–H groups in total. The summed E-state index contributed by atoms with van der Waals surface area (Å²) in [4.78, 5) is 15.6. The first kappa shape index (κ1) is 29.4. The van der Waals surface area contributed by atoms with Gasteiger partial charge in [-0.05, 0) is 57.3 Å². The third kappa shape index (κ3) is 5.51. The molecule has 9 aromatic rings. The summed E-state index contributed by atoms with van der Waals surface area (Å²) in [6.07, 6.45) is 0. The van der Waals surface area contributed by atoms with Crippen LogP contribution in [0.5, 0.6) is 0 Å². The second kappa shape index (κ2) is 12.7. The number of aromatic nitrogens is 3. The first-order chi connectivity index (χ1) is 24.8. The molecule has 7 aromatic carbocycles. The third-order valence-corrected chi connectivity index (χ3v) is 9.28. The fraction of sp³-hybridized carbons (Fsp3) is 0. The number of benzene rings is 7. The quantitative estimate of drug-likeness (QED) is 0.170. The molecule has 0 aliphatic rings. The van der Waals surface area contributed by atoms with Gasteiger partial charge in [0.05, 0.1) is 22.6 Å². The van der Waals surface area contributed by atoms with Crippen LogP contribution in [-0.4, -0.2) is 15.0 Å². The Morgan fingerprint density at radius 2 is 0.840 bits per heavy atom. The molecule has 0 atom stereocenters. The van der Waals surface area contributed by atoms with E-state index < -0.39 is 0 Å². The number of hydrogen-bond acceptors (Lipinski definition) is 3. The molecule has 0 fully saturated rings. The number of nitrogens with zero attached hydrogens (tertiary/aromatic N) is 3. The van der Waals surface area contributed by atoms with Gasteiger partial charge in [-0.25, -0.2) is 15.0 Å². The second-order valence-corrected chi connectivity index (χ2v) is 12.4. The van der Waals surface area contributed by atoms with Crippen molar-refractivity contribution in [2.24, 2.45) is 0 Å². The van der Waals surface area contributed by atoms with Gasteiger partial charge in [-0.15, -0.1) is 0 Å². The van der Waals surface area contributed by atoms with E-state index in [1.165, 1.54) is 5.56 Å². The highest BCUT2D eigenvalue weighted by atomic mass is 14.9. The Kier molecular flexibility index (Phi) is 7.49. The van der Waals surface area contributed by atoms with Crippen molar-refractivity contribution >= 4 is 21.7 Å². The fourth-order valence-corrected chi connectivity index (χ4v) is 6.86. The smallest absolute Gasteiger partial charge is 0.160 e. The summed E-state index contributed by atoms with van der Waals surface area (Å²) >= 11 is 0. The molecule has 0 amide bonds. The molecule has 3 nitrogen and oxygen atoms in total. The average Bonchev–Trinajstić information content (AvgIpc) is 3.21. The van der Waals surface area contributed by atoms with Crippen molar-refractivity contribution in [3.05, 3.63) is 188 Å². The molecule has 9 rings (SSSR count). The highest BCUT2D eigenvalue weighted by molar-refractivity contribution is 6.16. The molecule has 2 aromatic heterocycles. The van der Waals surface area contributed by atoms with Crippen molar-refractivity contribution in [1.29, 1.82) is 0 Å². The van der Waals surface area contributed by atoms with Crippen LogP contribution in [0.3, 0.4) is 0 Å². The van der Waals surface area contributed by atoms with E-state index in [1.54, 1.807) is 0 Å². The van der Waals surface area contributed by atoms with Gasteiger partial charge in [0.2, 0.25) is 0 Å². The maximum Gasteiger partial charge on any atom is 0.160 e. The maximum atomic E-state index is 5.22. The number of fused-ring (bicyclic) bond motifs is 3. The van der Waals surface area contributed by atoms with E-state index in [0.29, 0.717) is 5.82 Å². The van der Waals surface area contributed by atoms with Crippen LogP contribution in [0.1, 0.15) is 0 Å². The van der Waals surface area contributed by atoms with Crippen molar-refractivity contribution in [1.82, 2.24) is 15.0 Å².